The van der Waals surface area contributed by atoms with Crippen molar-refractivity contribution in [2.24, 2.45) is 0 Å². The van der Waals surface area contributed by atoms with Gasteiger partial charge in [-0.3, -0.25) is 14.5 Å². The van der Waals surface area contributed by atoms with E-state index in [4.69, 9.17) is 0 Å². The highest BCUT2D eigenvalue weighted by atomic mass is 16.2. The van der Waals surface area contributed by atoms with Crippen molar-refractivity contribution in [2.45, 2.75) is 26.3 Å². The van der Waals surface area contributed by atoms with Gasteiger partial charge in [0.1, 0.15) is 0 Å². The molecule has 0 N–H and O–H groups in total. The lowest BCUT2D eigenvalue weighted by molar-refractivity contribution is -0.139. The second-order valence-corrected chi connectivity index (χ2v) is 5.04. The molecule has 0 bridgehead atoms. The third-order valence-electron chi connectivity index (χ3n) is 3.38. The molecule has 1 aliphatic heterocycles. The summed E-state index contributed by atoms with van der Waals surface area (Å²) >= 11 is 0. The van der Waals surface area contributed by atoms with Crippen LogP contribution in [0.1, 0.15) is 19.4 Å². The van der Waals surface area contributed by atoms with Gasteiger partial charge in [0.25, 0.3) is 11.8 Å². The Morgan fingerprint density at radius 3 is 2.52 bits per heavy atom. The standard InChI is InChI=1S/C18H19NO2/c1-3-4-6-11-16-13-17(20)19(18(16)21)14(2)12-15-9-7-5-8-10-15/h3-11,13-14H,12H2,1-2H3/b4-3-,11-6-. The van der Waals surface area contributed by atoms with E-state index in [1.807, 2.05) is 56.3 Å². The third-order valence-corrected chi connectivity index (χ3v) is 3.38. The van der Waals surface area contributed by atoms with Crippen molar-refractivity contribution in [3.8, 4) is 0 Å². The average molecular weight is 281 g/mol. The molecular weight excluding hydrogens is 262 g/mol. The topological polar surface area (TPSA) is 37.4 Å². The fourth-order valence-electron chi connectivity index (χ4n) is 2.36. The molecule has 1 heterocycles. The maximum atomic E-state index is 12.3. The van der Waals surface area contributed by atoms with E-state index in [1.54, 1.807) is 12.2 Å². The molecule has 1 aromatic carbocycles. The van der Waals surface area contributed by atoms with E-state index in [1.165, 1.54) is 11.0 Å². The summed E-state index contributed by atoms with van der Waals surface area (Å²) in [5, 5.41) is 0. The van der Waals surface area contributed by atoms with Crippen LogP contribution < -0.4 is 0 Å². The maximum Gasteiger partial charge on any atom is 0.261 e. The van der Waals surface area contributed by atoms with Crippen LogP contribution in [0, 0.1) is 0 Å². The van der Waals surface area contributed by atoms with Crippen molar-refractivity contribution in [3.63, 3.8) is 0 Å². The minimum absolute atomic E-state index is 0.156. The van der Waals surface area contributed by atoms with Gasteiger partial charge in [-0.1, -0.05) is 48.6 Å². The van der Waals surface area contributed by atoms with Gasteiger partial charge >= 0.3 is 0 Å². The first kappa shape index (κ1) is 15.0. The molecule has 0 fully saturated rings. The lowest BCUT2D eigenvalue weighted by Crippen LogP contribution is -2.40. The number of carbonyl (C=O) groups is 2. The average Bonchev–Trinajstić information content (AvgIpc) is 2.75. The predicted molar refractivity (Wildman–Crippen MR) is 83.5 cm³/mol. The van der Waals surface area contributed by atoms with Crippen LogP contribution in [0.3, 0.4) is 0 Å². The molecular formula is C18H19NO2. The zero-order valence-corrected chi connectivity index (χ0v) is 12.3. The third kappa shape index (κ3) is 3.57. The van der Waals surface area contributed by atoms with Gasteiger partial charge in [0, 0.05) is 17.7 Å². The van der Waals surface area contributed by atoms with E-state index in [-0.39, 0.29) is 17.9 Å². The number of rotatable bonds is 5. The number of amides is 2. The van der Waals surface area contributed by atoms with Crippen molar-refractivity contribution < 1.29 is 9.59 Å². The van der Waals surface area contributed by atoms with Crippen molar-refractivity contribution >= 4 is 11.8 Å². The summed E-state index contributed by atoms with van der Waals surface area (Å²) in [6.07, 6.45) is 9.21. The van der Waals surface area contributed by atoms with Crippen LogP contribution in [0.15, 0.2) is 66.3 Å². The molecule has 1 aliphatic rings. The summed E-state index contributed by atoms with van der Waals surface area (Å²) in [6, 6.07) is 9.71. The smallest absolute Gasteiger partial charge is 0.261 e. The van der Waals surface area contributed by atoms with E-state index < -0.39 is 0 Å². The molecule has 2 rings (SSSR count). The predicted octanol–water partition coefficient (Wildman–Crippen LogP) is 3.05. The Morgan fingerprint density at radius 1 is 1.14 bits per heavy atom. The van der Waals surface area contributed by atoms with E-state index in [0.29, 0.717) is 12.0 Å². The molecule has 21 heavy (non-hydrogen) atoms. The summed E-state index contributed by atoms with van der Waals surface area (Å²) < 4.78 is 0. The van der Waals surface area contributed by atoms with E-state index in [0.717, 1.165) is 5.56 Å². The van der Waals surface area contributed by atoms with Crippen molar-refractivity contribution in [1.29, 1.82) is 0 Å². The molecule has 0 spiro atoms. The van der Waals surface area contributed by atoms with Gasteiger partial charge < -0.3 is 0 Å². The number of benzene rings is 1. The number of carbonyl (C=O) groups excluding carboxylic acids is 2. The molecule has 1 aromatic rings. The molecule has 3 nitrogen and oxygen atoms in total. The van der Waals surface area contributed by atoms with Crippen LogP contribution in [0.2, 0.25) is 0 Å². The maximum absolute atomic E-state index is 12.3. The van der Waals surface area contributed by atoms with Crippen LogP contribution in [0.5, 0.6) is 0 Å². The zero-order chi connectivity index (χ0) is 15.2. The molecule has 0 saturated carbocycles. The van der Waals surface area contributed by atoms with E-state index in [9.17, 15) is 9.59 Å². The molecule has 1 atom stereocenters. The van der Waals surface area contributed by atoms with Gasteiger partial charge in [0.2, 0.25) is 0 Å². The lowest BCUT2D eigenvalue weighted by Gasteiger charge is -2.22. The second-order valence-electron chi connectivity index (χ2n) is 5.04. The van der Waals surface area contributed by atoms with Crippen LogP contribution in [-0.4, -0.2) is 22.8 Å². The summed E-state index contributed by atoms with van der Waals surface area (Å²) in [6.45, 7) is 3.80. The largest absolute Gasteiger partial charge is 0.272 e. The molecule has 0 radical (unpaired) electrons. The number of imide groups is 1. The van der Waals surface area contributed by atoms with Gasteiger partial charge in [-0.25, -0.2) is 0 Å². The first-order valence-electron chi connectivity index (χ1n) is 7.06. The molecule has 0 aliphatic carbocycles. The van der Waals surface area contributed by atoms with Crippen LogP contribution in [0.25, 0.3) is 0 Å². The Morgan fingerprint density at radius 2 is 1.86 bits per heavy atom. The van der Waals surface area contributed by atoms with Gasteiger partial charge in [-0.2, -0.15) is 0 Å². The number of allylic oxidation sites excluding steroid dienone is 3. The fraction of sp³-hybridized carbons (Fsp3) is 0.222. The highest BCUT2D eigenvalue weighted by molar-refractivity contribution is 6.17. The van der Waals surface area contributed by atoms with Crippen LogP contribution >= 0.6 is 0 Å². The number of nitrogens with zero attached hydrogens (tertiary/aromatic N) is 1. The van der Waals surface area contributed by atoms with Gasteiger partial charge in [-0.05, 0) is 31.9 Å². The molecule has 0 saturated heterocycles. The first-order chi connectivity index (χ1) is 10.1. The van der Waals surface area contributed by atoms with E-state index in [2.05, 4.69) is 0 Å². The highest BCUT2D eigenvalue weighted by Crippen LogP contribution is 2.19. The minimum Gasteiger partial charge on any atom is -0.272 e. The SMILES string of the molecule is C/C=C\C=C/C1=CC(=O)N(C(C)Cc2ccccc2)C1=O. The van der Waals surface area contributed by atoms with Crippen molar-refractivity contribution in [3.05, 3.63) is 71.8 Å². The highest BCUT2D eigenvalue weighted by Gasteiger charge is 2.33. The monoisotopic (exact) mass is 281 g/mol. The Hall–Kier alpha value is -2.42. The van der Waals surface area contributed by atoms with Gasteiger partial charge in [0.05, 0.1) is 0 Å². The lowest BCUT2D eigenvalue weighted by atomic mass is 10.1. The van der Waals surface area contributed by atoms with Gasteiger partial charge in [-0.15, -0.1) is 0 Å². The Kier molecular flexibility index (Phi) is 4.88. The van der Waals surface area contributed by atoms with Crippen molar-refractivity contribution in [2.75, 3.05) is 0 Å². The Bertz CT molecular complexity index is 611. The van der Waals surface area contributed by atoms with Gasteiger partial charge in [0.15, 0.2) is 0 Å². The summed E-state index contributed by atoms with van der Waals surface area (Å²) in [7, 11) is 0. The minimum atomic E-state index is -0.233. The van der Waals surface area contributed by atoms with Crippen molar-refractivity contribution in [1.82, 2.24) is 4.90 Å². The van der Waals surface area contributed by atoms with Crippen LogP contribution in [0.4, 0.5) is 0 Å². The number of hydrogen-bond donors (Lipinski definition) is 0. The first-order valence-corrected chi connectivity index (χ1v) is 7.06. The van der Waals surface area contributed by atoms with E-state index >= 15 is 0 Å². The molecule has 0 aromatic heterocycles. The zero-order valence-electron chi connectivity index (χ0n) is 12.3. The normalized spacial score (nSPS) is 17.0. The molecule has 2 amide bonds. The Balaban J connectivity index is 2.08. The summed E-state index contributed by atoms with van der Waals surface area (Å²) in [4.78, 5) is 25.7. The summed E-state index contributed by atoms with van der Waals surface area (Å²) in [5.74, 6) is -0.451. The molecule has 1 unspecified atom stereocenters. The Labute approximate surface area is 125 Å². The van der Waals surface area contributed by atoms with Crippen LogP contribution in [-0.2, 0) is 16.0 Å². The second kappa shape index (κ2) is 6.84. The summed E-state index contributed by atoms with van der Waals surface area (Å²) in [5.41, 5.74) is 1.56. The molecule has 108 valence electrons. The quantitative estimate of drug-likeness (QED) is 0.614. The fourth-order valence-corrected chi connectivity index (χ4v) is 2.36. The molecule has 3 heteroatoms. The number of hydrogen-bond acceptors (Lipinski definition) is 2.